The van der Waals surface area contributed by atoms with Crippen LogP contribution in [0.15, 0.2) is 0 Å². The first-order chi connectivity index (χ1) is 6.09. The highest BCUT2D eigenvalue weighted by Crippen LogP contribution is 2.20. The van der Waals surface area contributed by atoms with Crippen molar-refractivity contribution in [3.8, 4) is 0 Å². The minimum absolute atomic E-state index is 0.0672. The van der Waals surface area contributed by atoms with Crippen LogP contribution in [-0.2, 0) is 4.79 Å². The molecular weight excluding hydrogens is 170 g/mol. The second-order valence-corrected chi connectivity index (χ2v) is 3.81. The van der Waals surface area contributed by atoms with Crippen LogP contribution in [0.3, 0.4) is 0 Å². The summed E-state index contributed by atoms with van der Waals surface area (Å²) in [5.41, 5.74) is 0. The molecule has 0 unspecified atom stereocenters. The average Bonchev–Trinajstić information content (AvgIpc) is 2.19. The number of carboxylic acids is 1. The molecule has 0 spiro atoms. The molecule has 76 valence electrons. The zero-order valence-corrected chi connectivity index (χ0v) is 7.94. The van der Waals surface area contributed by atoms with Crippen molar-refractivity contribution in [3.05, 3.63) is 0 Å². The van der Waals surface area contributed by atoms with Crippen LogP contribution < -0.4 is 0 Å². The van der Waals surface area contributed by atoms with Crippen LogP contribution in [0.5, 0.6) is 0 Å². The molecule has 1 heterocycles. The van der Waals surface area contributed by atoms with Gasteiger partial charge >= 0.3 is 5.97 Å². The van der Waals surface area contributed by atoms with Crippen LogP contribution in [0.4, 0.5) is 0 Å². The van der Waals surface area contributed by atoms with Crippen molar-refractivity contribution in [1.29, 1.82) is 0 Å². The smallest absolute Gasteiger partial charge is 0.303 e. The van der Waals surface area contributed by atoms with E-state index in [0.717, 1.165) is 19.5 Å². The number of aliphatic carboxylic acids is 1. The number of carbonyl (C=O) groups is 1. The molecule has 0 aromatic carbocycles. The summed E-state index contributed by atoms with van der Waals surface area (Å²) >= 11 is 0. The topological polar surface area (TPSA) is 60.8 Å². The van der Waals surface area contributed by atoms with E-state index in [-0.39, 0.29) is 12.3 Å². The SMILES string of the molecule is CN1CC[C@H](CC(=O)O)[C@@H](O)CC1. The Labute approximate surface area is 78.2 Å². The molecule has 1 fully saturated rings. The van der Waals surface area contributed by atoms with Gasteiger partial charge in [-0.3, -0.25) is 4.79 Å². The van der Waals surface area contributed by atoms with Crippen molar-refractivity contribution >= 4 is 5.97 Å². The summed E-state index contributed by atoms with van der Waals surface area (Å²) in [7, 11) is 2.00. The van der Waals surface area contributed by atoms with Gasteiger partial charge in [0.15, 0.2) is 0 Å². The van der Waals surface area contributed by atoms with E-state index >= 15 is 0 Å². The van der Waals surface area contributed by atoms with E-state index < -0.39 is 12.1 Å². The van der Waals surface area contributed by atoms with Gasteiger partial charge in [0, 0.05) is 6.54 Å². The van der Waals surface area contributed by atoms with Crippen molar-refractivity contribution in [3.63, 3.8) is 0 Å². The molecule has 13 heavy (non-hydrogen) atoms. The summed E-state index contributed by atoms with van der Waals surface area (Å²) in [6.45, 7) is 1.74. The Hall–Kier alpha value is -0.610. The molecule has 2 atom stereocenters. The summed E-state index contributed by atoms with van der Waals surface area (Å²) in [6, 6.07) is 0. The first-order valence-corrected chi connectivity index (χ1v) is 4.68. The van der Waals surface area contributed by atoms with E-state index in [9.17, 15) is 9.90 Å². The van der Waals surface area contributed by atoms with E-state index in [4.69, 9.17) is 5.11 Å². The molecule has 0 aliphatic carbocycles. The summed E-state index contributed by atoms with van der Waals surface area (Å²) in [5, 5.41) is 18.2. The minimum Gasteiger partial charge on any atom is -0.481 e. The number of nitrogens with zero attached hydrogens (tertiary/aromatic N) is 1. The second kappa shape index (κ2) is 4.58. The van der Waals surface area contributed by atoms with E-state index in [0.29, 0.717) is 6.42 Å². The maximum atomic E-state index is 10.5. The summed E-state index contributed by atoms with van der Waals surface area (Å²) < 4.78 is 0. The van der Waals surface area contributed by atoms with Gasteiger partial charge in [-0.25, -0.2) is 0 Å². The monoisotopic (exact) mass is 187 g/mol. The third-order valence-corrected chi connectivity index (χ3v) is 2.67. The summed E-state index contributed by atoms with van der Waals surface area (Å²) in [4.78, 5) is 12.6. The molecule has 1 aliphatic rings. The molecule has 0 aromatic heterocycles. The Morgan fingerprint density at radius 3 is 2.69 bits per heavy atom. The summed E-state index contributed by atoms with van der Waals surface area (Å²) in [5.74, 6) is -0.879. The predicted octanol–water partition coefficient (Wildman–Crippen LogP) is 0.164. The molecule has 0 radical (unpaired) electrons. The molecule has 1 saturated heterocycles. The highest BCUT2D eigenvalue weighted by molar-refractivity contribution is 5.67. The van der Waals surface area contributed by atoms with Crippen LogP contribution in [0.2, 0.25) is 0 Å². The second-order valence-electron chi connectivity index (χ2n) is 3.81. The Balaban J connectivity index is 2.46. The van der Waals surface area contributed by atoms with Crippen molar-refractivity contribution in [2.45, 2.75) is 25.4 Å². The predicted molar refractivity (Wildman–Crippen MR) is 48.5 cm³/mol. The number of likely N-dealkylation sites (tertiary alicyclic amines) is 1. The zero-order valence-electron chi connectivity index (χ0n) is 7.94. The molecular formula is C9H17NO3. The quantitative estimate of drug-likeness (QED) is 0.646. The highest BCUT2D eigenvalue weighted by Gasteiger charge is 2.25. The molecule has 1 rings (SSSR count). The van der Waals surface area contributed by atoms with Crippen LogP contribution in [0.1, 0.15) is 19.3 Å². The molecule has 2 N–H and O–H groups in total. The number of rotatable bonds is 2. The van der Waals surface area contributed by atoms with Gasteiger partial charge in [-0.15, -0.1) is 0 Å². The van der Waals surface area contributed by atoms with E-state index in [1.165, 1.54) is 0 Å². The summed E-state index contributed by atoms with van der Waals surface area (Å²) in [6.07, 6.45) is 1.12. The lowest BCUT2D eigenvalue weighted by atomic mass is 9.94. The van der Waals surface area contributed by atoms with E-state index in [1.54, 1.807) is 0 Å². The Morgan fingerprint density at radius 1 is 1.46 bits per heavy atom. The van der Waals surface area contributed by atoms with Crippen LogP contribution in [-0.4, -0.2) is 47.3 Å². The van der Waals surface area contributed by atoms with Gasteiger partial charge in [0.25, 0.3) is 0 Å². The number of aliphatic hydroxyl groups is 1. The molecule has 0 bridgehead atoms. The van der Waals surface area contributed by atoms with Gasteiger partial charge in [0.2, 0.25) is 0 Å². The van der Waals surface area contributed by atoms with Crippen molar-refractivity contribution in [2.24, 2.45) is 5.92 Å². The first-order valence-electron chi connectivity index (χ1n) is 4.68. The molecule has 0 saturated carbocycles. The van der Waals surface area contributed by atoms with Gasteiger partial charge in [-0.1, -0.05) is 0 Å². The van der Waals surface area contributed by atoms with E-state index in [2.05, 4.69) is 4.90 Å². The van der Waals surface area contributed by atoms with Crippen molar-refractivity contribution in [1.82, 2.24) is 4.90 Å². The van der Waals surface area contributed by atoms with Gasteiger partial charge in [0.05, 0.1) is 12.5 Å². The fourth-order valence-corrected chi connectivity index (χ4v) is 1.74. The zero-order chi connectivity index (χ0) is 9.84. The third kappa shape index (κ3) is 3.32. The number of carboxylic acid groups (broad SMARTS) is 1. The highest BCUT2D eigenvalue weighted by atomic mass is 16.4. The maximum absolute atomic E-state index is 10.5. The normalized spacial score (nSPS) is 31.2. The van der Waals surface area contributed by atoms with Gasteiger partial charge in [-0.2, -0.15) is 0 Å². The lowest BCUT2D eigenvalue weighted by molar-refractivity contribution is -0.139. The Morgan fingerprint density at radius 2 is 2.08 bits per heavy atom. The Kier molecular flexibility index (Phi) is 3.69. The molecule has 4 heteroatoms. The van der Waals surface area contributed by atoms with Crippen LogP contribution in [0.25, 0.3) is 0 Å². The molecule has 4 nitrogen and oxygen atoms in total. The third-order valence-electron chi connectivity index (χ3n) is 2.67. The van der Waals surface area contributed by atoms with Gasteiger partial charge in [-0.05, 0) is 32.4 Å². The van der Waals surface area contributed by atoms with Gasteiger partial charge < -0.3 is 15.1 Å². The lowest BCUT2D eigenvalue weighted by Crippen LogP contribution is -2.22. The van der Waals surface area contributed by atoms with Crippen LogP contribution in [0, 0.1) is 5.92 Å². The molecule has 1 aliphatic heterocycles. The fourth-order valence-electron chi connectivity index (χ4n) is 1.74. The van der Waals surface area contributed by atoms with Crippen LogP contribution >= 0.6 is 0 Å². The van der Waals surface area contributed by atoms with E-state index in [1.807, 2.05) is 7.05 Å². The lowest BCUT2D eigenvalue weighted by Gasteiger charge is -2.17. The maximum Gasteiger partial charge on any atom is 0.303 e. The van der Waals surface area contributed by atoms with Crippen molar-refractivity contribution < 1.29 is 15.0 Å². The largest absolute Gasteiger partial charge is 0.481 e. The number of aliphatic hydroxyl groups excluding tert-OH is 1. The number of hydrogen-bond donors (Lipinski definition) is 2. The fraction of sp³-hybridized carbons (Fsp3) is 0.889. The van der Waals surface area contributed by atoms with Gasteiger partial charge in [0.1, 0.15) is 0 Å². The average molecular weight is 187 g/mol. The molecule has 0 aromatic rings. The number of hydrogen-bond acceptors (Lipinski definition) is 3. The first kappa shape index (κ1) is 10.5. The minimum atomic E-state index is -0.811. The molecule has 0 amide bonds. The Bertz CT molecular complexity index is 184. The van der Waals surface area contributed by atoms with Crippen molar-refractivity contribution in [2.75, 3.05) is 20.1 Å². The standard InChI is InChI=1S/C9H17NO3/c1-10-4-2-7(6-9(12)13)8(11)3-5-10/h7-8,11H,2-6H2,1H3,(H,12,13)/t7-,8+/m1/s1.